The number of ketones is 1. The molecule has 0 aliphatic rings. The molecule has 0 fully saturated rings. The van der Waals surface area contributed by atoms with Crippen molar-refractivity contribution in [2.75, 3.05) is 11.9 Å². The molecular formula is C19H19BrO2. The maximum atomic E-state index is 12.1. The highest BCUT2D eigenvalue weighted by molar-refractivity contribution is 9.09. The molecule has 114 valence electrons. The summed E-state index contributed by atoms with van der Waals surface area (Å²) in [6.45, 7) is 0.701. The van der Waals surface area contributed by atoms with Gasteiger partial charge in [0, 0.05) is 10.9 Å². The number of ether oxygens (including phenoxy) is 1. The van der Waals surface area contributed by atoms with Crippen LogP contribution in [0.25, 0.3) is 6.08 Å². The summed E-state index contributed by atoms with van der Waals surface area (Å²) in [6.07, 6.45) is 5.54. The summed E-state index contributed by atoms with van der Waals surface area (Å²) >= 11 is 3.39. The zero-order valence-corrected chi connectivity index (χ0v) is 14.0. The van der Waals surface area contributed by atoms with Crippen LogP contribution in [0.3, 0.4) is 0 Å². The van der Waals surface area contributed by atoms with Gasteiger partial charge in [0.15, 0.2) is 5.78 Å². The number of alkyl halides is 1. The Morgan fingerprint density at radius 3 is 2.41 bits per heavy atom. The Hall–Kier alpha value is -1.87. The molecule has 0 saturated heterocycles. The lowest BCUT2D eigenvalue weighted by Gasteiger charge is -2.05. The monoisotopic (exact) mass is 358 g/mol. The van der Waals surface area contributed by atoms with Crippen molar-refractivity contribution < 1.29 is 9.53 Å². The van der Waals surface area contributed by atoms with Crippen molar-refractivity contribution in [1.29, 1.82) is 0 Å². The van der Waals surface area contributed by atoms with Crippen molar-refractivity contribution in [3.63, 3.8) is 0 Å². The normalized spacial score (nSPS) is 10.8. The third-order valence-electron chi connectivity index (χ3n) is 3.16. The lowest BCUT2D eigenvalue weighted by Crippen LogP contribution is -1.99. The summed E-state index contributed by atoms with van der Waals surface area (Å²) in [4.78, 5) is 12.1. The molecule has 2 nitrogen and oxygen atoms in total. The average molecular weight is 359 g/mol. The Morgan fingerprint density at radius 2 is 1.73 bits per heavy atom. The van der Waals surface area contributed by atoms with Crippen LogP contribution in [-0.4, -0.2) is 17.7 Å². The van der Waals surface area contributed by atoms with E-state index in [1.807, 2.05) is 48.5 Å². The van der Waals surface area contributed by atoms with Crippen molar-refractivity contribution in [2.24, 2.45) is 0 Å². The molecule has 2 aromatic rings. The largest absolute Gasteiger partial charge is 0.494 e. The number of allylic oxidation sites excluding steroid dienone is 1. The van der Waals surface area contributed by atoms with Crippen LogP contribution < -0.4 is 4.74 Å². The Labute approximate surface area is 139 Å². The van der Waals surface area contributed by atoms with Crippen LogP contribution >= 0.6 is 15.9 Å². The fourth-order valence-electron chi connectivity index (χ4n) is 1.93. The molecule has 0 saturated carbocycles. The first-order valence-corrected chi connectivity index (χ1v) is 8.48. The Bertz CT molecular complexity index is 603. The SMILES string of the molecule is O=C(C=Cc1ccccc1)c1ccc(OCCCCBr)cc1. The molecule has 0 aliphatic carbocycles. The van der Waals surface area contributed by atoms with E-state index >= 15 is 0 Å². The fourth-order valence-corrected chi connectivity index (χ4v) is 2.33. The van der Waals surface area contributed by atoms with Crippen molar-refractivity contribution in [2.45, 2.75) is 12.8 Å². The molecule has 2 aromatic carbocycles. The minimum Gasteiger partial charge on any atom is -0.494 e. The zero-order valence-electron chi connectivity index (χ0n) is 12.4. The fraction of sp³-hybridized carbons (Fsp3) is 0.211. The quantitative estimate of drug-likeness (QED) is 0.282. The van der Waals surface area contributed by atoms with Crippen LogP contribution in [0.2, 0.25) is 0 Å². The smallest absolute Gasteiger partial charge is 0.185 e. The van der Waals surface area contributed by atoms with E-state index in [-0.39, 0.29) is 5.78 Å². The summed E-state index contributed by atoms with van der Waals surface area (Å²) in [6, 6.07) is 17.1. The third-order valence-corrected chi connectivity index (χ3v) is 3.72. The van der Waals surface area contributed by atoms with Gasteiger partial charge in [0.25, 0.3) is 0 Å². The predicted octanol–water partition coefficient (Wildman–Crippen LogP) is 5.14. The van der Waals surface area contributed by atoms with Gasteiger partial charge in [-0.25, -0.2) is 0 Å². The minimum absolute atomic E-state index is 0.00491. The third kappa shape index (κ3) is 5.49. The van der Waals surface area contributed by atoms with Gasteiger partial charge in [-0.1, -0.05) is 52.3 Å². The molecule has 0 N–H and O–H groups in total. The van der Waals surface area contributed by atoms with Crippen molar-refractivity contribution in [3.8, 4) is 5.75 Å². The molecule has 3 heteroatoms. The highest BCUT2D eigenvalue weighted by Crippen LogP contribution is 2.14. The van der Waals surface area contributed by atoms with Crippen molar-refractivity contribution in [1.82, 2.24) is 0 Å². The highest BCUT2D eigenvalue weighted by Gasteiger charge is 2.02. The van der Waals surface area contributed by atoms with Crippen molar-refractivity contribution >= 4 is 27.8 Å². The lowest BCUT2D eigenvalue weighted by atomic mass is 10.1. The van der Waals surface area contributed by atoms with E-state index in [1.165, 1.54) is 0 Å². The Morgan fingerprint density at radius 1 is 1.00 bits per heavy atom. The molecule has 0 heterocycles. The summed E-state index contributed by atoms with van der Waals surface area (Å²) < 4.78 is 5.62. The van der Waals surface area contributed by atoms with Gasteiger partial charge < -0.3 is 4.74 Å². The summed E-state index contributed by atoms with van der Waals surface area (Å²) in [5.41, 5.74) is 1.68. The summed E-state index contributed by atoms with van der Waals surface area (Å²) in [7, 11) is 0. The lowest BCUT2D eigenvalue weighted by molar-refractivity contribution is 0.104. The highest BCUT2D eigenvalue weighted by atomic mass is 79.9. The van der Waals surface area contributed by atoms with E-state index in [9.17, 15) is 4.79 Å². The molecule has 0 unspecified atom stereocenters. The molecule has 0 aromatic heterocycles. The number of benzene rings is 2. The van der Waals surface area contributed by atoms with E-state index in [0.29, 0.717) is 12.2 Å². The van der Waals surface area contributed by atoms with Crippen LogP contribution in [-0.2, 0) is 0 Å². The van der Waals surface area contributed by atoms with Gasteiger partial charge in [-0.2, -0.15) is 0 Å². The van der Waals surface area contributed by atoms with Gasteiger partial charge in [0.05, 0.1) is 6.61 Å². The number of hydrogen-bond acceptors (Lipinski definition) is 2. The number of unbranched alkanes of at least 4 members (excludes halogenated alkanes) is 1. The molecular weight excluding hydrogens is 340 g/mol. The van der Waals surface area contributed by atoms with Crippen LogP contribution in [0.4, 0.5) is 0 Å². The van der Waals surface area contributed by atoms with Gasteiger partial charge in [0.2, 0.25) is 0 Å². The molecule has 0 atom stereocenters. The second-order valence-electron chi connectivity index (χ2n) is 4.88. The summed E-state index contributed by atoms with van der Waals surface area (Å²) in [5, 5.41) is 0.998. The molecule has 0 amide bonds. The maximum absolute atomic E-state index is 12.1. The summed E-state index contributed by atoms with van der Waals surface area (Å²) in [5.74, 6) is 0.799. The van der Waals surface area contributed by atoms with Gasteiger partial charge >= 0.3 is 0 Å². The standard InChI is InChI=1S/C19H19BrO2/c20-14-4-5-15-22-18-11-9-17(10-12-18)19(21)13-8-16-6-2-1-3-7-16/h1-3,6-13H,4-5,14-15H2. The maximum Gasteiger partial charge on any atom is 0.185 e. The number of hydrogen-bond donors (Lipinski definition) is 0. The van der Waals surface area contributed by atoms with E-state index < -0.39 is 0 Å². The van der Waals surface area contributed by atoms with Crippen molar-refractivity contribution in [3.05, 3.63) is 71.8 Å². The Kier molecular flexibility index (Phi) is 6.91. The predicted molar refractivity (Wildman–Crippen MR) is 94.8 cm³/mol. The number of carbonyl (C=O) groups is 1. The molecule has 0 spiro atoms. The van der Waals surface area contributed by atoms with Gasteiger partial charge in [-0.05, 0) is 48.7 Å². The first kappa shape index (κ1) is 16.5. The van der Waals surface area contributed by atoms with Gasteiger partial charge in [-0.15, -0.1) is 0 Å². The number of rotatable bonds is 8. The van der Waals surface area contributed by atoms with E-state index in [4.69, 9.17) is 4.74 Å². The molecule has 2 rings (SSSR count). The second kappa shape index (κ2) is 9.21. The zero-order chi connectivity index (χ0) is 15.6. The van der Waals surface area contributed by atoms with E-state index in [0.717, 1.165) is 29.5 Å². The van der Waals surface area contributed by atoms with Crippen LogP contribution in [0.15, 0.2) is 60.7 Å². The molecule has 0 aliphatic heterocycles. The van der Waals surface area contributed by atoms with Crippen LogP contribution in [0, 0.1) is 0 Å². The topological polar surface area (TPSA) is 26.3 Å². The van der Waals surface area contributed by atoms with Crippen LogP contribution in [0.5, 0.6) is 5.75 Å². The van der Waals surface area contributed by atoms with E-state index in [2.05, 4.69) is 15.9 Å². The minimum atomic E-state index is -0.00491. The average Bonchev–Trinajstić information content (AvgIpc) is 2.58. The van der Waals surface area contributed by atoms with Gasteiger partial charge in [-0.3, -0.25) is 4.79 Å². The molecule has 0 radical (unpaired) electrons. The Balaban J connectivity index is 1.89. The molecule has 0 bridgehead atoms. The van der Waals surface area contributed by atoms with Crippen LogP contribution in [0.1, 0.15) is 28.8 Å². The first-order chi connectivity index (χ1) is 10.8. The first-order valence-electron chi connectivity index (χ1n) is 7.36. The molecule has 22 heavy (non-hydrogen) atoms. The van der Waals surface area contributed by atoms with E-state index in [1.54, 1.807) is 18.2 Å². The second-order valence-corrected chi connectivity index (χ2v) is 5.67. The number of carbonyl (C=O) groups excluding carboxylic acids is 1. The van der Waals surface area contributed by atoms with Gasteiger partial charge in [0.1, 0.15) is 5.75 Å². The number of halogens is 1.